The predicted octanol–water partition coefficient (Wildman–Crippen LogP) is 5.51. The molecule has 0 saturated carbocycles. The van der Waals surface area contributed by atoms with Gasteiger partial charge in [-0.15, -0.1) is 12.4 Å². The summed E-state index contributed by atoms with van der Waals surface area (Å²) < 4.78 is 5.71. The molecule has 1 aromatic rings. The van der Waals surface area contributed by atoms with Crippen LogP contribution in [0.1, 0.15) is 71.8 Å². The van der Waals surface area contributed by atoms with E-state index in [1.807, 2.05) is 32.9 Å². The van der Waals surface area contributed by atoms with Crippen LogP contribution in [0.15, 0.2) is 18.2 Å². The van der Waals surface area contributed by atoms with Crippen molar-refractivity contribution in [2.75, 3.05) is 13.2 Å². The van der Waals surface area contributed by atoms with Gasteiger partial charge in [-0.1, -0.05) is 50.6 Å². The topological polar surface area (TPSA) is 50.4 Å². The molecule has 2 N–H and O–H groups in total. The number of hydrogen-bond donors (Lipinski definition) is 2. The molecule has 0 fully saturated rings. The minimum Gasteiger partial charge on any atom is -0.483 e. The number of amides is 1. The Balaban J connectivity index is 0.00000676. The Morgan fingerprint density at radius 2 is 1.78 bits per heavy atom. The van der Waals surface area contributed by atoms with Crippen molar-refractivity contribution in [2.45, 2.75) is 78.3 Å². The number of ether oxygens (including phenoxy) is 1. The van der Waals surface area contributed by atoms with Gasteiger partial charge in [0.2, 0.25) is 0 Å². The molecule has 0 aliphatic heterocycles. The number of carbonyl (C=O) groups excluding carboxylic acids is 1. The van der Waals surface area contributed by atoms with E-state index in [2.05, 4.69) is 17.6 Å². The molecule has 6 heteroatoms. The Morgan fingerprint density at radius 1 is 1.11 bits per heavy atom. The molecular weight excluding hydrogens is 383 g/mol. The molecule has 0 unspecified atom stereocenters. The highest BCUT2D eigenvalue weighted by atomic mass is 35.5. The number of halogens is 2. The first-order valence-corrected chi connectivity index (χ1v) is 10.1. The van der Waals surface area contributed by atoms with Crippen molar-refractivity contribution >= 4 is 29.9 Å². The van der Waals surface area contributed by atoms with Crippen LogP contribution in [0.3, 0.4) is 0 Å². The van der Waals surface area contributed by atoms with Crippen molar-refractivity contribution in [1.29, 1.82) is 0 Å². The lowest BCUT2D eigenvalue weighted by atomic mass is 10.1. The Morgan fingerprint density at radius 3 is 2.44 bits per heavy atom. The van der Waals surface area contributed by atoms with E-state index in [9.17, 15) is 4.79 Å². The van der Waals surface area contributed by atoms with Gasteiger partial charge in [-0.3, -0.25) is 4.79 Å². The Bertz CT molecular complexity index is 545. The van der Waals surface area contributed by atoms with Gasteiger partial charge in [-0.25, -0.2) is 0 Å². The lowest BCUT2D eigenvalue weighted by Gasteiger charge is -2.21. The molecule has 27 heavy (non-hydrogen) atoms. The molecule has 1 amide bonds. The van der Waals surface area contributed by atoms with Crippen LogP contribution in [0.4, 0.5) is 0 Å². The maximum atomic E-state index is 11.9. The van der Waals surface area contributed by atoms with Crippen molar-refractivity contribution in [3.05, 3.63) is 28.8 Å². The van der Waals surface area contributed by atoms with Crippen molar-refractivity contribution in [3.8, 4) is 5.75 Å². The summed E-state index contributed by atoms with van der Waals surface area (Å²) in [4.78, 5) is 11.9. The highest BCUT2D eigenvalue weighted by Crippen LogP contribution is 2.23. The van der Waals surface area contributed by atoms with E-state index in [0.717, 1.165) is 12.1 Å². The number of rotatable bonds is 12. The number of unbranched alkanes of at least 4 members (excludes halogenated alkanes) is 5. The zero-order valence-corrected chi connectivity index (χ0v) is 18.8. The van der Waals surface area contributed by atoms with E-state index in [-0.39, 0.29) is 30.5 Å². The van der Waals surface area contributed by atoms with E-state index in [1.165, 1.54) is 38.5 Å². The van der Waals surface area contributed by atoms with Gasteiger partial charge < -0.3 is 15.4 Å². The van der Waals surface area contributed by atoms with Gasteiger partial charge in [0.25, 0.3) is 5.91 Å². The second-order valence-electron chi connectivity index (χ2n) is 7.78. The quantitative estimate of drug-likeness (QED) is 0.440. The number of benzene rings is 1. The summed E-state index contributed by atoms with van der Waals surface area (Å²) in [7, 11) is 0. The summed E-state index contributed by atoms with van der Waals surface area (Å²) in [6.07, 6.45) is 7.69. The molecule has 156 valence electrons. The molecule has 4 nitrogen and oxygen atoms in total. The fourth-order valence-electron chi connectivity index (χ4n) is 2.68. The van der Waals surface area contributed by atoms with Gasteiger partial charge in [-0.2, -0.15) is 0 Å². The lowest BCUT2D eigenvalue weighted by Crippen LogP contribution is -2.43. The minimum absolute atomic E-state index is 0. The largest absolute Gasteiger partial charge is 0.483 e. The van der Waals surface area contributed by atoms with Crippen molar-refractivity contribution in [2.24, 2.45) is 0 Å². The number of carbonyl (C=O) groups is 1. The number of nitrogens with one attached hydrogen (secondary N) is 2. The van der Waals surface area contributed by atoms with E-state index in [0.29, 0.717) is 17.3 Å². The Labute approximate surface area is 176 Å². The molecule has 1 rings (SSSR count). The zero-order chi connectivity index (χ0) is 19.4. The van der Waals surface area contributed by atoms with Gasteiger partial charge >= 0.3 is 0 Å². The van der Waals surface area contributed by atoms with Gasteiger partial charge in [0.15, 0.2) is 6.61 Å². The average molecular weight is 419 g/mol. The van der Waals surface area contributed by atoms with Crippen LogP contribution in [0.2, 0.25) is 5.02 Å². The summed E-state index contributed by atoms with van der Waals surface area (Å²) in [5.41, 5.74) is 0.717. The second-order valence-corrected chi connectivity index (χ2v) is 8.22. The highest BCUT2D eigenvalue weighted by molar-refractivity contribution is 6.30. The Hall–Kier alpha value is -0.970. The van der Waals surface area contributed by atoms with Crippen LogP contribution < -0.4 is 15.4 Å². The van der Waals surface area contributed by atoms with Crippen LogP contribution in [-0.4, -0.2) is 24.6 Å². The lowest BCUT2D eigenvalue weighted by molar-refractivity contribution is -0.124. The van der Waals surface area contributed by atoms with Crippen molar-refractivity contribution in [3.63, 3.8) is 0 Å². The molecule has 0 aromatic heterocycles. The molecule has 0 radical (unpaired) electrons. The van der Waals surface area contributed by atoms with Crippen LogP contribution in [0.5, 0.6) is 5.75 Å². The Kier molecular flexibility index (Phi) is 13.6. The second kappa shape index (κ2) is 14.1. The molecule has 1 aromatic carbocycles. The average Bonchev–Trinajstić information content (AvgIpc) is 2.55. The summed E-state index contributed by atoms with van der Waals surface area (Å²) in [6.45, 7) is 9.75. The van der Waals surface area contributed by atoms with Crippen LogP contribution in [0.25, 0.3) is 0 Å². The first-order valence-electron chi connectivity index (χ1n) is 9.75. The number of hydrogen-bond acceptors (Lipinski definition) is 3. The normalized spacial score (nSPS) is 11.0. The van der Waals surface area contributed by atoms with Crippen LogP contribution in [-0.2, 0) is 11.3 Å². The SMILES string of the molecule is CCCCCCCCNCc1cc(Cl)ccc1OCC(=O)NC(C)(C)C.Cl. The zero-order valence-electron chi connectivity index (χ0n) is 17.2. The van der Waals surface area contributed by atoms with Crippen LogP contribution >= 0.6 is 24.0 Å². The van der Waals surface area contributed by atoms with Gasteiger partial charge in [0.05, 0.1) is 0 Å². The van der Waals surface area contributed by atoms with Gasteiger partial charge in [-0.05, 0) is 51.9 Å². The highest BCUT2D eigenvalue weighted by Gasteiger charge is 2.14. The van der Waals surface area contributed by atoms with E-state index in [1.54, 1.807) is 6.07 Å². The first-order chi connectivity index (χ1) is 12.3. The molecule has 0 saturated heterocycles. The van der Waals surface area contributed by atoms with E-state index >= 15 is 0 Å². The molecular formula is C21H36Cl2N2O2. The predicted molar refractivity (Wildman–Crippen MR) is 117 cm³/mol. The minimum atomic E-state index is -0.262. The molecule has 0 bridgehead atoms. The van der Waals surface area contributed by atoms with E-state index in [4.69, 9.17) is 16.3 Å². The third-order valence-corrected chi connectivity index (χ3v) is 4.15. The van der Waals surface area contributed by atoms with Gasteiger partial charge in [0, 0.05) is 22.7 Å². The standard InChI is InChI=1S/C21H35ClN2O2.ClH/c1-5-6-7-8-9-10-13-23-15-17-14-18(22)11-12-19(17)26-16-20(25)24-21(2,3)4;/h11-12,14,23H,5-10,13,15-16H2,1-4H3,(H,24,25);1H. The first kappa shape index (κ1) is 26.0. The maximum absolute atomic E-state index is 11.9. The molecule has 0 aliphatic rings. The fraction of sp³-hybridized carbons (Fsp3) is 0.667. The smallest absolute Gasteiger partial charge is 0.258 e. The van der Waals surface area contributed by atoms with Crippen LogP contribution in [0, 0.1) is 0 Å². The third kappa shape index (κ3) is 12.9. The molecule has 0 aliphatic carbocycles. The molecule has 0 heterocycles. The van der Waals surface area contributed by atoms with Crippen molar-refractivity contribution in [1.82, 2.24) is 10.6 Å². The summed E-state index contributed by atoms with van der Waals surface area (Å²) in [6, 6.07) is 5.51. The third-order valence-electron chi connectivity index (χ3n) is 3.92. The monoisotopic (exact) mass is 418 g/mol. The fourth-order valence-corrected chi connectivity index (χ4v) is 2.87. The molecule has 0 atom stereocenters. The maximum Gasteiger partial charge on any atom is 0.258 e. The summed E-state index contributed by atoms with van der Waals surface area (Å²) in [5, 5.41) is 7.02. The molecule has 0 spiro atoms. The summed E-state index contributed by atoms with van der Waals surface area (Å²) >= 11 is 6.12. The van der Waals surface area contributed by atoms with E-state index < -0.39 is 0 Å². The van der Waals surface area contributed by atoms with Crippen molar-refractivity contribution < 1.29 is 9.53 Å². The van der Waals surface area contributed by atoms with Gasteiger partial charge in [0.1, 0.15) is 5.75 Å². The summed E-state index contributed by atoms with van der Waals surface area (Å²) in [5.74, 6) is 0.576.